The van der Waals surface area contributed by atoms with Crippen LogP contribution < -0.4 is 24.8 Å². The van der Waals surface area contributed by atoms with E-state index >= 15 is 0 Å². The van der Waals surface area contributed by atoms with Crippen molar-refractivity contribution in [1.82, 2.24) is 0 Å². The molecule has 2 rings (SSSR count). The van der Waals surface area contributed by atoms with Gasteiger partial charge in [0.05, 0.1) is 0 Å². The molecule has 0 aromatic heterocycles. The Bertz CT molecular complexity index is 486. The molecule has 0 atom stereocenters. The Hall–Kier alpha value is 0.380. The molecule has 2 aromatic rings. The summed E-state index contributed by atoms with van der Waals surface area (Å²) in [7, 11) is 0.750. The van der Waals surface area contributed by atoms with Gasteiger partial charge in [-0.2, -0.15) is 52.1 Å². The van der Waals surface area contributed by atoms with Crippen molar-refractivity contribution in [1.29, 1.82) is 0 Å². The summed E-state index contributed by atoms with van der Waals surface area (Å²) in [6.45, 7) is 19.8. The SMILES string of the molecule is CC(C)(C)c1cc[cH-]c1.C[SiH]C.Cc1c[c-](C)c(C)c1C.[Cl-].[Cl-].[Zr+4]. The van der Waals surface area contributed by atoms with Crippen molar-refractivity contribution in [2.75, 3.05) is 0 Å². The molecule has 0 saturated heterocycles. The van der Waals surface area contributed by atoms with E-state index in [1.54, 1.807) is 0 Å². The van der Waals surface area contributed by atoms with Crippen molar-refractivity contribution >= 4 is 9.52 Å². The Labute approximate surface area is 184 Å². The second kappa shape index (κ2) is 15.6. The largest absolute Gasteiger partial charge is 4.00 e. The zero-order chi connectivity index (χ0) is 16.6. The summed E-state index contributed by atoms with van der Waals surface area (Å²) in [5, 5.41) is 0. The molecule has 0 fully saturated rings. The number of halogens is 2. The first-order valence-corrected chi connectivity index (χ1v) is 10.1. The molecule has 0 aliphatic heterocycles. The van der Waals surface area contributed by atoms with E-state index in [0.717, 1.165) is 9.52 Å². The Morgan fingerprint density at radius 2 is 1.50 bits per heavy atom. The molecule has 0 spiro atoms. The zero-order valence-electron chi connectivity index (χ0n) is 16.7. The normalized spacial score (nSPS) is 9.04. The number of hydrogen-bond acceptors (Lipinski definition) is 0. The van der Waals surface area contributed by atoms with Gasteiger partial charge in [-0.3, -0.25) is 0 Å². The molecule has 0 aliphatic carbocycles. The van der Waals surface area contributed by atoms with E-state index in [1.807, 2.05) is 0 Å². The van der Waals surface area contributed by atoms with Crippen molar-refractivity contribution in [3.63, 3.8) is 0 Å². The zero-order valence-corrected chi connectivity index (χ0v) is 21.8. The molecule has 0 unspecified atom stereocenters. The average Bonchev–Trinajstić information content (AvgIpc) is 2.98. The van der Waals surface area contributed by atoms with Crippen molar-refractivity contribution in [2.45, 2.75) is 67.0 Å². The van der Waals surface area contributed by atoms with Crippen LogP contribution in [0.3, 0.4) is 0 Å². The van der Waals surface area contributed by atoms with Gasteiger partial charge in [-0.05, 0) is 0 Å². The molecule has 0 bridgehead atoms. The van der Waals surface area contributed by atoms with E-state index in [0.29, 0.717) is 5.41 Å². The third kappa shape index (κ3) is 11.9. The molecule has 0 N–H and O–H groups in total. The van der Waals surface area contributed by atoms with Gasteiger partial charge in [0, 0.05) is 9.52 Å². The molecular weight excluding hydrogens is 430 g/mol. The van der Waals surface area contributed by atoms with Crippen LogP contribution in [0.2, 0.25) is 13.1 Å². The van der Waals surface area contributed by atoms with E-state index in [9.17, 15) is 0 Å². The van der Waals surface area contributed by atoms with Gasteiger partial charge in [0.15, 0.2) is 0 Å². The second-order valence-electron chi connectivity index (χ2n) is 6.76. The predicted octanol–water partition coefficient (Wildman–Crippen LogP) is -0.133. The third-order valence-corrected chi connectivity index (χ3v) is 3.71. The van der Waals surface area contributed by atoms with Gasteiger partial charge in [0.1, 0.15) is 0 Å². The molecule has 2 aromatic carbocycles. The molecule has 1 radical (unpaired) electrons. The first kappa shape index (κ1) is 32.1. The maximum atomic E-state index is 2.24. The maximum Gasteiger partial charge on any atom is 4.00 e. The van der Waals surface area contributed by atoms with Crippen LogP contribution in [0.4, 0.5) is 0 Å². The minimum Gasteiger partial charge on any atom is -1.00 e. The van der Waals surface area contributed by atoms with Crippen molar-refractivity contribution in [3.8, 4) is 0 Å². The van der Waals surface area contributed by atoms with E-state index in [4.69, 9.17) is 0 Å². The Balaban J connectivity index is -0.000000130. The molecule has 135 valence electrons. The number of hydrogen-bond donors (Lipinski definition) is 0. The van der Waals surface area contributed by atoms with Gasteiger partial charge in [0.2, 0.25) is 0 Å². The van der Waals surface area contributed by atoms with E-state index in [2.05, 4.69) is 91.9 Å². The molecular formula is C20H33Cl2SiZr. The van der Waals surface area contributed by atoms with Crippen LogP contribution in [0.25, 0.3) is 0 Å². The van der Waals surface area contributed by atoms with E-state index in [1.165, 1.54) is 27.8 Å². The molecule has 0 aliphatic rings. The van der Waals surface area contributed by atoms with Crippen molar-refractivity contribution in [3.05, 3.63) is 58.1 Å². The summed E-state index contributed by atoms with van der Waals surface area (Å²) >= 11 is 0. The molecule has 0 heterocycles. The molecule has 0 nitrogen and oxygen atoms in total. The summed E-state index contributed by atoms with van der Waals surface area (Å²) in [5.41, 5.74) is 7.49. The predicted molar refractivity (Wildman–Crippen MR) is 101 cm³/mol. The Morgan fingerprint density at radius 3 is 1.62 bits per heavy atom. The second-order valence-corrected chi connectivity index (χ2v) is 7.92. The number of aryl methyl sites for hydroxylation is 2. The molecule has 0 amide bonds. The van der Waals surface area contributed by atoms with Crippen LogP contribution in [0.5, 0.6) is 0 Å². The summed E-state index contributed by atoms with van der Waals surface area (Å²) in [6.07, 6.45) is 0. The van der Waals surface area contributed by atoms with Crippen LogP contribution in [0.15, 0.2) is 30.3 Å². The molecule has 4 heteroatoms. The standard InChI is InChI=1S/2C9H13.C2H7Si.2ClH.Zr/c1-6-5-7(2)9(4)8(6)3;1-9(2,3)8-6-4-5-7-8;1-3-2;;;/h5H,1-4H3;4-7H,1-3H3;3H,1-2H3;2*1H;/q2*-1;;;;+4/p-2. The van der Waals surface area contributed by atoms with Crippen molar-refractivity contribution < 1.29 is 51.0 Å². The first-order valence-electron chi connectivity index (χ1n) is 7.81. The summed E-state index contributed by atoms with van der Waals surface area (Å²) in [6, 6.07) is 10.7. The number of rotatable bonds is 0. The fourth-order valence-electron chi connectivity index (χ4n) is 2.01. The van der Waals surface area contributed by atoms with Gasteiger partial charge in [-0.1, -0.05) is 67.0 Å². The van der Waals surface area contributed by atoms with Crippen LogP contribution in [0, 0.1) is 27.7 Å². The van der Waals surface area contributed by atoms with Crippen LogP contribution >= 0.6 is 0 Å². The smallest absolute Gasteiger partial charge is 1.00 e. The van der Waals surface area contributed by atoms with Crippen LogP contribution in [-0.2, 0) is 31.6 Å². The fourth-order valence-corrected chi connectivity index (χ4v) is 2.01. The maximum absolute atomic E-state index is 2.24. The quantitative estimate of drug-likeness (QED) is 0.377. The Morgan fingerprint density at radius 1 is 1.04 bits per heavy atom. The molecule has 0 saturated carbocycles. The minimum atomic E-state index is 0. The fraction of sp³-hybridized carbons (Fsp3) is 0.500. The molecule has 24 heavy (non-hydrogen) atoms. The van der Waals surface area contributed by atoms with Gasteiger partial charge < -0.3 is 24.8 Å². The topological polar surface area (TPSA) is 0 Å². The summed E-state index contributed by atoms with van der Waals surface area (Å²) in [4.78, 5) is 0. The average molecular weight is 464 g/mol. The van der Waals surface area contributed by atoms with Gasteiger partial charge in [-0.15, -0.1) is 0 Å². The van der Waals surface area contributed by atoms with Gasteiger partial charge in [-0.25, -0.2) is 6.07 Å². The van der Waals surface area contributed by atoms with E-state index in [-0.39, 0.29) is 51.0 Å². The van der Waals surface area contributed by atoms with Crippen molar-refractivity contribution in [2.24, 2.45) is 0 Å². The first-order chi connectivity index (χ1) is 9.65. The van der Waals surface area contributed by atoms with Gasteiger partial charge >= 0.3 is 26.2 Å². The van der Waals surface area contributed by atoms with Crippen LogP contribution in [0.1, 0.15) is 48.6 Å². The monoisotopic (exact) mass is 461 g/mol. The van der Waals surface area contributed by atoms with Gasteiger partial charge in [0.25, 0.3) is 0 Å². The van der Waals surface area contributed by atoms with Crippen LogP contribution in [-0.4, -0.2) is 9.52 Å². The minimum absolute atomic E-state index is 0. The Kier molecular flexibility index (Phi) is 20.9. The van der Waals surface area contributed by atoms with E-state index < -0.39 is 0 Å². The summed E-state index contributed by atoms with van der Waals surface area (Å²) in [5.74, 6) is 0. The third-order valence-electron chi connectivity index (χ3n) is 3.71. The summed E-state index contributed by atoms with van der Waals surface area (Å²) < 4.78 is 0.